The molecule has 0 unspecified atom stereocenters. The van der Waals surface area contributed by atoms with E-state index in [9.17, 15) is 22.4 Å². The van der Waals surface area contributed by atoms with E-state index in [-0.39, 0.29) is 12.5 Å². The van der Waals surface area contributed by atoms with E-state index >= 15 is 0 Å². The largest absolute Gasteiger partial charge is 0.350 e. The molecule has 0 aliphatic rings. The first-order valence-electron chi connectivity index (χ1n) is 10.8. The Hall–Kier alpha value is -2.46. The molecule has 0 radical (unpaired) electrons. The van der Waals surface area contributed by atoms with E-state index in [1.807, 2.05) is 20.8 Å². The minimum absolute atomic E-state index is 0.0191. The van der Waals surface area contributed by atoms with Gasteiger partial charge in [-0.3, -0.25) is 13.9 Å². The van der Waals surface area contributed by atoms with Gasteiger partial charge in [-0.2, -0.15) is 0 Å². The molecule has 0 bridgehead atoms. The number of sulfonamides is 1. The molecule has 0 aromatic heterocycles. The quantitative estimate of drug-likeness (QED) is 0.505. The molecule has 1 N–H and O–H groups in total. The van der Waals surface area contributed by atoms with Crippen molar-refractivity contribution < 1.29 is 22.4 Å². The topological polar surface area (TPSA) is 86.8 Å². The van der Waals surface area contributed by atoms with Crippen molar-refractivity contribution in [2.45, 2.75) is 52.2 Å². The molecule has 0 fully saturated rings. The zero-order chi connectivity index (χ0) is 25.7. The molecule has 7 nitrogen and oxygen atoms in total. The fourth-order valence-corrected chi connectivity index (χ4v) is 4.63. The Morgan fingerprint density at radius 1 is 1.12 bits per heavy atom. The van der Waals surface area contributed by atoms with E-state index in [1.54, 1.807) is 31.2 Å². The van der Waals surface area contributed by atoms with Crippen molar-refractivity contribution in [2.75, 3.05) is 17.1 Å². The Morgan fingerprint density at radius 3 is 2.24 bits per heavy atom. The molecule has 2 amide bonds. The second-order valence-electron chi connectivity index (χ2n) is 9.06. The van der Waals surface area contributed by atoms with Crippen molar-refractivity contribution >= 4 is 43.5 Å². The van der Waals surface area contributed by atoms with Crippen LogP contribution in [0.15, 0.2) is 53.0 Å². The smallest absolute Gasteiger partial charge is 0.244 e. The highest BCUT2D eigenvalue weighted by atomic mass is 79.9. The van der Waals surface area contributed by atoms with Crippen LogP contribution in [0.3, 0.4) is 0 Å². The summed E-state index contributed by atoms with van der Waals surface area (Å²) in [6, 6.07) is 11.4. The Kier molecular flexibility index (Phi) is 9.24. The first kappa shape index (κ1) is 27.8. The van der Waals surface area contributed by atoms with Crippen molar-refractivity contribution in [1.29, 1.82) is 0 Å². The van der Waals surface area contributed by atoms with Gasteiger partial charge in [-0.25, -0.2) is 12.8 Å². The van der Waals surface area contributed by atoms with Gasteiger partial charge in [0.25, 0.3) is 0 Å². The molecule has 34 heavy (non-hydrogen) atoms. The number of nitrogens with zero attached hydrogens (tertiary/aromatic N) is 2. The number of benzene rings is 2. The number of hydrogen-bond acceptors (Lipinski definition) is 4. The van der Waals surface area contributed by atoms with Crippen LogP contribution in [0, 0.1) is 5.82 Å². The summed E-state index contributed by atoms with van der Waals surface area (Å²) in [4.78, 5) is 28.0. The van der Waals surface area contributed by atoms with Crippen LogP contribution in [0.4, 0.5) is 10.1 Å². The Balaban J connectivity index is 2.45. The fraction of sp³-hybridized carbons (Fsp3) is 0.417. The third-order valence-corrected chi connectivity index (χ3v) is 6.56. The Morgan fingerprint density at radius 2 is 1.74 bits per heavy atom. The summed E-state index contributed by atoms with van der Waals surface area (Å²) in [6.07, 6.45) is 1.33. The highest BCUT2D eigenvalue weighted by Crippen LogP contribution is 2.23. The van der Waals surface area contributed by atoms with Gasteiger partial charge in [0, 0.05) is 16.6 Å². The maximum absolute atomic E-state index is 13.6. The van der Waals surface area contributed by atoms with E-state index in [4.69, 9.17) is 0 Å². The van der Waals surface area contributed by atoms with E-state index in [1.165, 1.54) is 29.2 Å². The molecule has 1 atom stereocenters. The number of carbonyl (C=O) groups is 2. The first-order chi connectivity index (χ1) is 15.7. The third kappa shape index (κ3) is 8.09. The van der Waals surface area contributed by atoms with Gasteiger partial charge in [-0.05, 0) is 63.1 Å². The zero-order valence-electron chi connectivity index (χ0n) is 20.0. The van der Waals surface area contributed by atoms with E-state index in [0.29, 0.717) is 22.1 Å². The summed E-state index contributed by atoms with van der Waals surface area (Å²) in [5.41, 5.74) is 0.411. The number of anilines is 1. The van der Waals surface area contributed by atoms with E-state index in [0.717, 1.165) is 10.6 Å². The summed E-state index contributed by atoms with van der Waals surface area (Å²) in [7, 11) is -3.81. The molecule has 0 spiro atoms. The molecule has 2 rings (SSSR count). The van der Waals surface area contributed by atoms with Gasteiger partial charge in [0.15, 0.2) is 0 Å². The maximum Gasteiger partial charge on any atom is 0.244 e. The number of amides is 2. The first-order valence-corrected chi connectivity index (χ1v) is 13.4. The second-order valence-corrected chi connectivity index (χ2v) is 11.9. The molecule has 0 saturated heterocycles. The Bertz CT molecular complexity index is 1120. The zero-order valence-corrected chi connectivity index (χ0v) is 22.4. The van der Waals surface area contributed by atoms with Crippen LogP contribution in [0.25, 0.3) is 0 Å². The van der Waals surface area contributed by atoms with Gasteiger partial charge in [-0.1, -0.05) is 41.1 Å². The van der Waals surface area contributed by atoms with Crippen LogP contribution in [0.5, 0.6) is 0 Å². The van der Waals surface area contributed by atoms with Crippen LogP contribution in [-0.4, -0.2) is 49.5 Å². The Labute approximate surface area is 209 Å². The molecule has 2 aromatic rings. The summed E-state index contributed by atoms with van der Waals surface area (Å²) < 4.78 is 40.2. The number of rotatable bonds is 9. The lowest BCUT2D eigenvalue weighted by Crippen LogP contribution is -2.55. The van der Waals surface area contributed by atoms with Gasteiger partial charge < -0.3 is 10.2 Å². The van der Waals surface area contributed by atoms with Crippen molar-refractivity contribution in [3.8, 4) is 0 Å². The average Bonchev–Trinajstić information content (AvgIpc) is 2.71. The molecule has 0 aliphatic carbocycles. The number of halogens is 2. The van der Waals surface area contributed by atoms with Gasteiger partial charge in [-0.15, -0.1) is 0 Å². The van der Waals surface area contributed by atoms with Gasteiger partial charge in [0.2, 0.25) is 21.8 Å². The monoisotopic (exact) mass is 555 g/mol. The van der Waals surface area contributed by atoms with Crippen molar-refractivity contribution in [2.24, 2.45) is 0 Å². The molecule has 0 aliphatic heterocycles. The fourth-order valence-electron chi connectivity index (χ4n) is 3.40. The lowest BCUT2D eigenvalue weighted by Gasteiger charge is -2.34. The van der Waals surface area contributed by atoms with Crippen molar-refractivity contribution in [3.63, 3.8) is 0 Å². The van der Waals surface area contributed by atoms with Crippen LogP contribution < -0.4 is 9.62 Å². The SMILES string of the molecule is CC[C@H](C(=O)NC(C)(C)C)N(Cc1ccc(F)cc1)C(=O)CN(c1cccc(Br)c1)S(C)(=O)=O. The van der Waals surface area contributed by atoms with Crippen molar-refractivity contribution in [1.82, 2.24) is 10.2 Å². The van der Waals surface area contributed by atoms with Crippen molar-refractivity contribution in [3.05, 3.63) is 64.4 Å². The average molecular weight is 556 g/mol. The molecule has 0 saturated carbocycles. The number of carbonyl (C=O) groups excluding carboxylic acids is 2. The highest BCUT2D eigenvalue weighted by molar-refractivity contribution is 9.10. The predicted octanol–water partition coefficient (Wildman–Crippen LogP) is 4.08. The maximum atomic E-state index is 13.6. The molecule has 2 aromatic carbocycles. The lowest BCUT2D eigenvalue weighted by molar-refractivity contribution is -0.141. The van der Waals surface area contributed by atoms with E-state index < -0.39 is 39.9 Å². The van der Waals surface area contributed by atoms with Gasteiger partial charge in [0.05, 0.1) is 11.9 Å². The second kappa shape index (κ2) is 11.3. The normalized spacial score (nSPS) is 12.7. The minimum Gasteiger partial charge on any atom is -0.350 e. The van der Waals surface area contributed by atoms with Gasteiger partial charge >= 0.3 is 0 Å². The molecule has 10 heteroatoms. The van der Waals surface area contributed by atoms with E-state index in [2.05, 4.69) is 21.2 Å². The summed E-state index contributed by atoms with van der Waals surface area (Å²) in [6.45, 7) is 6.81. The highest BCUT2D eigenvalue weighted by Gasteiger charge is 2.33. The third-order valence-electron chi connectivity index (χ3n) is 4.93. The number of nitrogens with one attached hydrogen (secondary N) is 1. The van der Waals surface area contributed by atoms with Crippen LogP contribution in [0.2, 0.25) is 0 Å². The molecule has 0 heterocycles. The summed E-state index contributed by atoms with van der Waals surface area (Å²) >= 11 is 3.32. The molecule has 186 valence electrons. The predicted molar refractivity (Wildman–Crippen MR) is 135 cm³/mol. The van der Waals surface area contributed by atoms with Crippen LogP contribution in [0.1, 0.15) is 39.7 Å². The molecular weight excluding hydrogens is 525 g/mol. The van der Waals surface area contributed by atoms with Gasteiger partial charge in [0.1, 0.15) is 18.4 Å². The number of hydrogen-bond donors (Lipinski definition) is 1. The summed E-state index contributed by atoms with van der Waals surface area (Å²) in [5, 5.41) is 2.89. The standard InChI is InChI=1S/C24H31BrFN3O4S/c1-6-21(23(31)27-24(2,3)4)28(15-17-10-12-19(26)13-11-17)22(30)16-29(34(5,32)33)20-9-7-8-18(25)14-20/h7-14,21H,6,15-16H2,1-5H3,(H,27,31)/t21-/m1/s1. The van der Waals surface area contributed by atoms with Crippen LogP contribution >= 0.6 is 15.9 Å². The minimum atomic E-state index is -3.81. The lowest BCUT2D eigenvalue weighted by atomic mass is 10.1. The summed E-state index contributed by atoms with van der Waals surface area (Å²) in [5.74, 6) is -1.32. The van der Waals surface area contributed by atoms with Crippen LogP contribution in [-0.2, 0) is 26.2 Å². The molecular formula is C24H31BrFN3O4S.